The van der Waals surface area contributed by atoms with E-state index in [1.807, 2.05) is 11.0 Å². The normalized spacial score (nSPS) is 15.4. The first-order chi connectivity index (χ1) is 15.5. The van der Waals surface area contributed by atoms with E-state index in [4.69, 9.17) is 16.3 Å². The lowest BCUT2D eigenvalue weighted by Crippen LogP contribution is -2.50. The van der Waals surface area contributed by atoms with E-state index in [2.05, 4.69) is 27.7 Å². The number of anilines is 1. The average molecular weight is 598 g/mol. The van der Waals surface area contributed by atoms with Crippen LogP contribution in [-0.2, 0) is 17.5 Å². The van der Waals surface area contributed by atoms with E-state index in [1.54, 1.807) is 12.1 Å². The molecule has 0 bridgehead atoms. The highest BCUT2D eigenvalue weighted by Gasteiger charge is 2.38. The Morgan fingerprint density at radius 1 is 1.36 bits per heavy atom. The number of halogens is 5. The van der Waals surface area contributed by atoms with Crippen molar-refractivity contribution in [1.82, 2.24) is 14.7 Å². The Kier molecular flexibility index (Phi) is 7.65. The summed E-state index contributed by atoms with van der Waals surface area (Å²) in [6, 6.07) is 5.24. The van der Waals surface area contributed by atoms with Gasteiger partial charge in [0.1, 0.15) is 12.3 Å². The molecule has 0 spiro atoms. The van der Waals surface area contributed by atoms with Gasteiger partial charge in [-0.2, -0.15) is 23.5 Å². The molecule has 1 unspecified atom stereocenters. The molecule has 1 amide bonds. The first-order valence-electron chi connectivity index (χ1n) is 9.75. The quantitative estimate of drug-likeness (QED) is 0.420. The number of nitrogens with zero attached hydrogens (tertiary/aromatic N) is 5. The molecule has 1 aliphatic rings. The summed E-state index contributed by atoms with van der Waals surface area (Å²) in [6.45, 7) is 2.41. The monoisotopic (exact) mass is 597 g/mol. The van der Waals surface area contributed by atoms with Crippen molar-refractivity contribution in [1.29, 1.82) is 5.26 Å². The van der Waals surface area contributed by atoms with Crippen molar-refractivity contribution in [3.63, 3.8) is 0 Å². The van der Waals surface area contributed by atoms with Gasteiger partial charge in [-0.3, -0.25) is 9.48 Å². The Morgan fingerprint density at radius 3 is 2.52 bits per heavy atom. The molecule has 13 heteroatoms. The van der Waals surface area contributed by atoms with Gasteiger partial charge in [-0.05, 0) is 35.6 Å². The Balaban J connectivity index is 1.73. The standard InChI is InChI=1S/C20H20ClF3IN5O3/c1-11-18(21)19(20(22,23)24)27-30(11)10-17(32)29-5-3-28(4-6-29)14-8-16(33-2)13(25)7-12(14)15(31)9-26/h7-8,15,31H,3-6,10H2,1-2H3. The SMILES string of the molecule is COc1cc(N2CCN(C(=O)Cn3nc(C(F)(F)F)c(Cl)c3C)CC2)c(C(O)C#N)cc1I. The highest BCUT2D eigenvalue weighted by molar-refractivity contribution is 14.1. The summed E-state index contributed by atoms with van der Waals surface area (Å²) in [6.07, 6.45) is -6.03. The number of aliphatic hydroxyl groups excluding tert-OH is 1. The van der Waals surface area contributed by atoms with Crippen molar-refractivity contribution in [2.24, 2.45) is 0 Å². The Morgan fingerprint density at radius 2 is 2.00 bits per heavy atom. The zero-order valence-corrected chi connectivity index (χ0v) is 20.6. The number of methoxy groups -OCH3 is 1. The molecule has 178 valence electrons. The van der Waals surface area contributed by atoms with Crippen molar-refractivity contribution < 1.29 is 27.8 Å². The predicted molar refractivity (Wildman–Crippen MR) is 122 cm³/mol. The van der Waals surface area contributed by atoms with E-state index >= 15 is 0 Å². The average Bonchev–Trinajstić information content (AvgIpc) is 3.07. The molecule has 1 aromatic carbocycles. The Hall–Kier alpha value is -2.24. The van der Waals surface area contributed by atoms with Crippen LogP contribution >= 0.6 is 34.2 Å². The maximum absolute atomic E-state index is 13.0. The van der Waals surface area contributed by atoms with E-state index in [1.165, 1.54) is 18.9 Å². The van der Waals surface area contributed by atoms with E-state index in [0.717, 1.165) is 8.25 Å². The number of alkyl halides is 3. The molecule has 8 nitrogen and oxygen atoms in total. The summed E-state index contributed by atoms with van der Waals surface area (Å²) >= 11 is 7.81. The smallest absolute Gasteiger partial charge is 0.436 e. The highest BCUT2D eigenvalue weighted by atomic mass is 127. The van der Waals surface area contributed by atoms with E-state index in [0.29, 0.717) is 43.2 Å². The lowest BCUT2D eigenvalue weighted by atomic mass is 10.1. The van der Waals surface area contributed by atoms with Gasteiger partial charge in [-0.1, -0.05) is 11.6 Å². The third-order valence-corrected chi connectivity index (χ3v) is 6.67. The molecular weight excluding hydrogens is 578 g/mol. The van der Waals surface area contributed by atoms with Gasteiger partial charge in [0.05, 0.1) is 27.5 Å². The second kappa shape index (κ2) is 9.94. The van der Waals surface area contributed by atoms with E-state index in [-0.39, 0.29) is 18.1 Å². The van der Waals surface area contributed by atoms with Crippen LogP contribution in [0.3, 0.4) is 0 Å². The van der Waals surface area contributed by atoms with Crippen LogP contribution in [0, 0.1) is 21.8 Å². The minimum absolute atomic E-state index is 0.0668. The van der Waals surface area contributed by atoms with Crippen LogP contribution in [0.25, 0.3) is 0 Å². The minimum atomic E-state index is -4.71. The number of rotatable bonds is 5. The van der Waals surface area contributed by atoms with Gasteiger partial charge in [-0.25, -0.2) is 0 Å². The molecular formula is C20H20ClF3IN5O3. The van der Waals surface area contributed by atoms with Crippen molar-refractivity contribution in [2.45, 2.75) is 25.7 Å². The fourth-order valence-corrected chi connectivity index (χ4v) is 4.52. The predicted octanol–water partition coefficient (Wildman–Crippen LogP) is 3.38. The maximum atomic E-state index is 13.0. The van der Waals surface area contributed by atoms with Crippen LogP contribution in [0.1, 0.15) is 23.1 Å². The number of hydrogen-bond donors (Lipinski definition) is 1. The molecule has 2 aromatic rings. The molecule has 1 atom stereocenters. The highest BCUT2D eigenvalue weighted by Crippen LogP contribution is 2.36. The van der Waals surface area contributed by atoms with Crippen LogP contribution in [0.15, 0.2) is 12.1 Å². The topological polar surface area (TPSA) is 94.6 Å². The van der Waals surface area contributed by atoms with Crippen molar-refractivity contribution in [3.8, 4) is 11.8 Å². The number of amides is 1. The molecule has 0 aliphatic carbocycles. The lowest BCUT2D eigenvalue weighted by Gasteiger charge is -2.37. The van der Waals surface area contributed by atoms with Crippen molar-refractivity contribution in [2.75, 3.05) is 38.2 Å². The molecule has 1 fully saturated rings. The number of carbonyl (C=O) groups excluding carboxylic acids is 1. The van der Waals surface area contributed by atoms with E-state index < -0.39 is 23.0 Å². The molecule has 1 saturated heterocycles. The van der Waals surface area contributed by atoms with Gasteiger partial charge >= 0.3 is 6.18 Å². The van der Waals surface area contributed by atoms with Crippen LogP contribution < -0.4 is 9.64 Å². The number of ether oxygens (including phenoxy) is 1. The summed E-state index contributed by atoms with van der Waals surface area (Å²) in [7, 11) is 1.52. The Bertz CT molecular complexity index is 1090. The fraction of sp³-hybridized carbons (Fsp3) is 0.450. The lowest BCUT2D eigenvalue weighted by molar-refractivity contribution is -0.142. The maximum Gasteiger partial charge on any atom is 0.436 e. The summed E-state index contributed by atoms with van der Waals surface area (Å²) in [4.78, 5) is 16.2. The van der Waals surface area contributed by atoms with E-state index in [9.17, 15) is 28.3 Å². The van der Waals surface area contributed by atoms with Gasteiger partial charge in [0, 0.05) is 43.5 Å². The first kappa shape index (κ1) is 25.4. The minimum Gasteiger partial charge on any atom is -0.496 e. The van der Waals surface area contributed by atoms with Crippen molar-refractivity contribution >= 4 is 45.8 Å². The second-order valence-corrected chi connectivity index (χ2v) is 8.89. The zero-order chi connectivity index (χ0) is 24.5. The van der Waals surface area contributed by atoms with Gasteiger partial charge in [0.25, 0.3) is 0 Å². The summed E-state index contributed by atoms with van der Waals surface area (Å²) in [5, 5.41) is 22.3. The number of carbonyl (C=O) groups is 1. The van der Waals surface area contributed by atoms with Crippen molar-refractivity contribution in [3.05, 3.63) is 37.7 Å². The van der Waals surface area contributed by atoms with Crippen LogP contribution in [0.4, 0.5) is 18.9 Å². The van der Waals surface area contributed by atoms with Crippen LogP contribution in [0.2, 0.25) is 5.02 Å². The number of aromatic nitrogens is 2. The number of benzene rings is 1. The first-order valence-corrected chi connectivity index (χ1v) is 11.2. The fourth-order valence-electron chi connectivity index (χ4n) is 3.56. The van der Waals surface area contributed by atoms with Gasteiger partial charge in [-0.15, -0.1) is 0 Å². The number of hydrogen-bond acceptors (Lipinski definition) is 6. The molecule has 1 aliphatic heterocycles. The molecule has 0 radical (unpaired) electrons. The Labute approximate surface area is 206 Å². The number of nitriles is 1. The molecule has 0 saturated carbocycles. The summed E-state index contributed by atoms with van der Waals surface area (Å²) in [5.74, 6) is 0.201. The van der Waals surface area contributed by atoms with Gasteiger partial charge in [0.15, 0.2) is 11.8 Å². The largest absolute Gasteiger partial charge is 0.496 e. The van der Waals surface area contributed by atoms with Gasteiger partial charge in [0.2, 0.25) is 5.91 Å². The zero-order valence-electron chi connectivity index (χ0n) is 17.7. The molecule has 1 N–H and O–H groups in total. The summed E-state index contributed by atoms with van der Waals surface area (Å²) in [5.41, 5.74) is -0.0884. The number of aliphatic hydroxyl groups is 1. The molecule has 3 rings (SSSR count). The van der Waals surface area contributed by atoms with Crippen LogP contribution in [0.5, 0.6) is 5.75 Å². The summed E-state index contributed by atoms with van der Waals surface area (Å²) < 4.78 is 46.1. The van der Waals surface area contributed by atoms with Crippen LogP contribution in [-0.4, -0.2) is 59.0 Å². The third kappa shape index (κ3) is 5.30. The molecule has 2 heterocycles. The third-order valence-electron chi connectivity index (χ3n) is 5.38. The second-order valence-electron chi connectivity index (χ2n) is 7.35. The molecule has 33 heavy (non-hydrogen) atoms. The molecule has 1 aromatic heterocycles. The number of piperazine rings is 1. The van der Waals surface area contributed by atoms with Gasteiger partial charge < -0.3 is 19.6 Å².